The molecule has 1 aromatic carbocycles. The fraction of sp³-hybridized carbons (Fsp3) is 0.571. The van der Waals surface area contributed by atoms with Crippen LogP contribution in [0, 0.1) is 0 Å². The molecule has 20 heavy (non-hydrogen) atoms. The van der Waals surface area contributed by atoms with Gasteiger partial charge in [0, 0.05) is 13.2 Å². The van der Waals surface area contributed by atoms with Gasteiger partial charge < -0.3 is 10.1 Å². The Kier molecular flexibility index (Phi) is 3.81. The summed E-state index contributed by atoms with van der Waals surface area (Å²) in [4.78, 5) is 0.426. The minimum absolute atomic E-state index is 0.0639. The second-order valence-electron chi connectivity index (χ2n) is 5.41. The van der Waals surface area contributed by atoms with Crippen LogP contribution in [-0.4, -0.2) is 33.7 Å². The summed E-state index contributed by atoms with van der Waals surface area (Å²) in [6.07, 6.45) is 1.42. The zero-order chi connectivity index (χ0) is 14.2. The maximum absolute atomic E-state index is 12.6. The lowest BCUT2D eigenvalue weighted by atomic mass is 10.0. The minimum atomic E-state index is -3.48. The van der Waals surface area contributed by atoms with Crippen molar-refractivity contribution >= 4 is 10.0 Å². The van der Waals surface area contributed by atoms with Gasteiger partial charge in [-0.1, -0.05) is 12.1 Å². The van der Waals surface area contributed by atoms with Gasteiger partial charge in [0.1, 0.15) is 0 Å². The van der Waals surface area contributed by atoms with Crippen LogP contribution in [0.25, 0.3) is 0 Å². The Bertz CT molecular complexity index is 600. The van der Waals surface area contributed by atoms with Gasteiger partial charge in [0.15, 0.2) is 0 Å². The normalized spacial score (nSPS) is 26.4. The first kappa shape index (κ1) is 14.0. The highest BCUT2D eigenvalue weighted by Crippen LogP contribution is 2.24. The van der Waals surface area contributed by atoms with Crippen molar-refractivity contribution in [1.82, 2.24) is 10.0 Å². The van der Waals surface area contributed by atoms with Gasteiger partial charge in [-0.05, 0) is 43.5 Å². The smallest absolute Gasteiger partial charge is 0.241 e. The first-order valence-corrected chi connectivity index (χ1v) is 8.51. The summed E-state index contributed by atoms with van der Waals surface area (Å²) in [5.41, 5.74) is 2.03. The summed E-state index contributed by atoms with van der Waals surface area (Å²) in [7, 11) is -3.48. The van der Waals surface area contributed by atoms with Crippen LogP contribution in [0.2, 0.25) is 0 Å². The lowest BCUT2D eigenvalue weighted by Gasteiger charge is -2.22. The molecule has 1 aromatic rings. The van der Waals surface area contributed by atoms with Crippen molar-refractivity contribution in [3.63, 3.8) is 0 Å². The van der Waals surface area contributed by atoms with Gasteiger partial charge in [0.2, 0.25) is 10.0 Å². The number of nitrogens with one attached hydrogen (secondary N) is 2. The van der Waals surface area contributed by atoms with E-state index in [4.69, 9.17) is 4.74 Å². The van der Waals surface area contributed by atoms with Crippen LogP contribution in [-0.2, 0) is 27.7 Å². The predicted octanol–water partition coefficient (Wildman–Crippen LogP) is 0.788. The number of benzene rings is 1. The molecule has 5 nitrogen and oxygen atoms in total. The maximum Gasteiger partial charge on any atom is 0.241 e. The fourth-order valence-electron chi connectivity index (χ4n) is 2.90. The van der Waals surface area contributed by atoms with Crippen molar-refractivity contribution in [2.75, 3.05) is 13.2 Å². The van der Waals surface area contributed by atoms with Gasteiger partial charge in [-0.25, -0.2) is 13.1 Å². The average molecular weight is 296 g/mol. The van der Waals surface area contributed by atoms with Gasteiger partial charge in [-0.3, -0.25) is 0 Å². The molecular formula is C14H20N2O3S. The molecule has 0 aliphatic carbocycles. The first-order chi connectivity index (χ1) is 9.58. The van der Waals surface area contributed by atoms with E-state index in [9.17, 15) is 8.42 Å². The lowest BCUT2D eigenvalue weighted by molar-refractivity contribution is 0.117. The zero-order valence-electron chi connectivity index (χ0n) is 11.6. The second-order valence-corrected chi connectivity index (χ2v) is 7.10. The zero-order valence-corrected chi connectivity index (χ0v) is 12.4. The van der Waals surface area contributed by atoms with Crippen LogP contribution >= 0.6 is 0 Å². The number of sulfonamides is 1. The largest absolute Gasteiger partial charge is 0.377 e. The molecule has 2 aliphatic rings. The number of rotatable bonds is 3. The summed E-state index contributed by atoms with van der Waals surface area (Å²) in [6, 6.07) is 5.38. The van der Waals surface area contributed by atoms with Crippen LogP contribution in [0.3, 0.4) is 0 Å². The Balaban J connectivity index is 1.91. The average Bonchev–Trinajstić information content (AvgIpc) is 2.83. The molecule has 2 atom stereocenters. The monoisotopic (exact) mass is 296 g/mol. The van der Waals surface area contributed by atoms with E-state index in [0.29, 0.717) is 11.5 Å². The van der Waals surface area contributed by atoms with Crippen molar-refractivity contribution in [3.8, 4) is 0 Å². The molecule has 3 rings (SSSR count). The Morgan fingerprint density at radius 1 is 1.40 bits per heavy atom. The van der Waals surface area contributed by atoms with Crippen LogP contribution < -0.4 is 10.0 Å². The highest BCUT2D eigenvalue weighted by atomic mass is 32.2. The third-order valence-electron chi connectivity index (χ3n) is 4.07. The van der Waals surface area contributed by atoms with Gasteiger partial charge in [0.05, 0.1) is 17.0 Å². The third-order valence-corrected chi connectivity index (χ3v) is 5.64. The van der Waals surface area contributed by atoms with E-state index in [1.165, 1.54) is 0 Å². The quantitative estimate of drug-likeness (QED) is 0.865. The van der Waals surface area contributed by atoms with E-state index >= 15 is 0 Å². The predicted molar refractivity (Wildman–Crippen MR) is 76.0 cm³/mol. The highest BCUT2D eigenvalue weighted by Gasteiger charge is 2.30. The van der Waals surface area contributed by atoms with Crippen LogP contribution in [0.5, 0.6) is 0 Å². The molecule has 2 N–H and O–H groups in total. The summed E-state index contributed by atoms with van der Waals surface area (Å²) >= 11 is 0. The van der Waals surface area contributed by atoms with Gasteiger partial charge in [-0.15, -0.1) is 0 Å². The van der Waals surface area contributed by atoms with E-state index in [1.807, 2.05) is 19.1 Å². The Hall–Kier alpha value is -0.950. The summed E-state index contributed by atoms with van der Waals surface area (Å²) in [5, 5.41) is 3.26. The molecule has 110 valence electrons. The standard InChI is InChI=1S/C14H20N2O3S/c1-10-13(6-8-19-10)16-20(17,18)14-4-2-3-11-9-15-7-5-12(11)14/h2-4,10,13,15-16H,5-9H2,1H3. The summed E-state index contributed by atoms with van der Waals surface area (Å²) in [5.74, 6) is 0. The Morgan fingerprint density at radius 2 is 2.25 bits per heavy atom. The summed E-state index contributed by atoms with van der Waals surface area (Å²) < 4.78 is 33.5. The molecule has 2 heterocycles. The van der Waals surface area contributed by atoms with Crippen molar-refractivity contribution in [2.45, 2.75) is 43.4 Å². The molecule has 1 saturated heterocycles. The second kappa shape index (κ2) is 5.44. The molecule has 0 radical (unpaired) electrons. The van der Waals surface area contributed by atoms with Gasteiger partial charge >= 0.3 is 0 Å². The van der Waals surface area contributed by atoms with Crippen molar-refractivity contribution in [1.29, 1.82) is 0 Å². The van der Waals surface area contributed by atoms with Gasteiger partial charge in [0.25, 0.3) is 0 Å². The SMILES string of the molecule is CC1OCCC1NS(=O)(=O)c1cccc2c1CCNC2. The van der Waals surface area contributed by atoms with Crippen molar-refractivity contribution in [3.05, 3.63) is 29.3 Å². The number of hydrogen-bond donors (Lipinski definition) is 2. The van der Waals surface area contributed by atoms with Crippen LogP contribution in [0.15, 0.2) is 23.1 Å². The van der Waals surface area contributed by atoms with Crippen LogP contribution in [0.1, 0.15) is 24.5 Å². The number of fused-ring (bicyclic) bond motifs is 1. The number of hydrogen-bond acceptors (Lipinski definition) is 4. The van der Waals surface area contributed by atoms with Crippen molar-refractivity contribution < 1.29 is 13.2 Å². The molecule has 0 spiro atoms. The molecule has 2 unspecified atom stereocenters. The van der Waals surface area contributed by atoms with E-state index in [0.717, 1.165) is 37.1 Å². The van der Waals surface area contributed by atoms with E-state index in [-0.39, 0.29) is 12.1 Å². The van der Waals surface area contributed by atoms with Crippen molar-refractivity contribution in [2.24, 2.45) is 0 Å². The fourth-order valence-corrected chi connectivity index (χ4v) is 4.55. The molecular weight excluding hydrogens is 276 g/mol. The lowest BCUT2D eigenvalue weighted by Crippen LogP contribution is -2.40. The molecule has 1 fully saturated rings. The topological polar surface area (TPSA) is 67.4 Å². The van der Waals surface area contributed by atoms with Crippen LogP contribution in [0.4, 0.5) is 0 Å². The molecule has 0 aromatic heterocycles. The maximum atomic E-state index is 12.6. The molecule has 0 bridgehead atoms. The van der Waals surface area contributed by atoms with E-state index < -0.39 is 10.0 Å². The Morgan fingerprint density at radius 3 is 3.00 bits per heavy atom. The minimum Gasteiger partial charge on any atom is -0.377 e. The Labute approximate surface area is 119 Å². The third kappa shape index (κ3) is 2.61. The van der Waals surface area contributed by atoms with Gasteiger partial charge in [-0.2, -0.15) is 0 Å². The first-order valence-electron chi connectivity index (χ1n) is 7.03. The molecule has 6 heteroatoms. The molecule has 0 saturated carbocycles. The molecule has 2 aliphatic heterocycles. The molecule has 0 amide bonds. The summed E-state index contributed by atoms with van der Waals surface area (Å²) in [6.45, 7) is 4.08. The number of ether oxygens (including phenoxy) is 1. The highest BCUT2D eigenvalue weighted by molar-refractivity contribution is 7.89. The van der Waals surface area contributed by atoms with E-state index in [1.54, 1.807) is 6.07 Å². The van der Waals surface area contributed by atoms with E-state index in [2.05, 4.69) is 10.0 Å².